The summed E-state index contributed by atoms with van der Waals surface area (Å²) in [7, 11) is 0. The molecule has 1 aliphatic rings. The van der Waals surface area contributed by atoms with Crippen LogP contribution in [0.5, 0.6) is 0 Å². The number of amides is 3. The number of nitrogens with one attached hydrogen (secondary N) is 2. The van der Waals surface area contributed by atoms with E-state index < -0.39 is 5.91 Å². The molecule has 0 spiro atoms. The third-order valence-corrected chi connectivity index (χ3v) is 6.06. The van der Waals surface area contributed by atoms with Gasteiger partial charge in [0.2, 0.25) is 18.3 Å². The Bertz CT molecular complexity index is 962. The van der Waals surface area contributed by atoms with E-state index in [1.807, 2.05) is 18.2 Å². The zero-order valence-corrected chi connectivity index (χ0v) is 19.7. The smallest absolute Gasteiger partial charge is 0.260 e. The number of benzene rings is 1. The van der Waals surface area contributed by atoms with Crippen molar-refractivity contribution in [3.05, 3.63) is 59.9 Å². The van der Waals surface area contributed by atoms with E-state index in [2.05, 4.69) is 49.8 Å². The predicted octanol–water partition coefficient (Wildman–Crippen LogP) is 3.36. The molecule has 0 aliphatic carbocycles. The first-order chi connectivity index (χ1) is 16.5. The summed E-state index contributed by atoms with van der Waals surface area (Å²) in [6, 6.07) is 10.1. The molecule has 0 radical (unpaired) electrons. The summed E-state index contributed by atoms with van der Waals surface area (Å²) in [5, 5.41) is 5.14. The fourth-order valence-corrected chi connectivity index (χ4v) is 4.29. The first-order valence-corrected chi connectivity index (χ1v) is 11.9. The van der Waals surface area contributed by atoms with E-state index in [9.17, 15) is 14.4 Å². The second kappa shape index (κ2) is 13.2. The number of rotatable bonds is 10. The number of carbonyl (C=O) groups is 3. The third-order valence-electron chi connectivity index (χ3n) is 6.06. The molecule has 1 fully saturated rings. The van der Waals surface area contributed by atoms with Crippen molar-refractivity contribution >= 4 is 30.2 Å². The molecule has 8 heteroatoms. The van der Waals surface area contributed by atoms with E-state index in [0.717, 1.165) is 57.2 Å². The molecule has 0 bridgehead atoms. The fourth-order valence-electron chi connectivity index (χ4n) is 4.29. The highest BCUT2D eigenvalue weighted by Crippen LogP contribution is 2.25. The molecule has 34 heavy (non-hydrogen) atoms. The Labute approximate surface area is 200 Å². The van der Waals surface area contributed by atoms with E-state index in [1.165, 1.54) is 12.4 Å². The van der Waals surface area contributed by atoms with Gasteiger partial charge in [-0.15, -0.1) is 0 Å². The standard InChI is InChI=1S/C26H33N5O3/c1-20(33)30-24(13-12-21-7-3-2-4-8-21)11-5-9-22-10-6-15-31(16-14-22)26-27-17-23(18-28-26)25(34)29-19-32/h2-4,7-8,12-13,17-19,22,24H,5-6,9-11,14-16H2,1H3,(H,30,33)(H,29,32,34). The summed E-state index contributed by atoms with van der Waals surface area (Å²) in [5.41, 5.74) is 1.39. The lowest BCUT2D eigenvalue weighted by Crippen LogP contribution is -2.31. The van der Waals surface area contributed by atoms with Crippen molar-refractivity contribution in [1.29, 1.82) is 0 Å². The summed E-state index contributed by atoms with van der Waals surface area (Å²) in [4.78, 5) is 44.5. The van der Waals surface area contributed by atoms with Crippen LogP contribution >= 0.6 is 0 Å². The van der Waals surface area contributed by atoms with Crippen molar-refractivity contribution in [2.24, 2.45) is 5.92 Å². The molecule has 3 rings (SSSR count). The number of carbonyl (C=O) groups excluding carboxylic acids is 3. The Morgan fingerprint density at radius 3 is 2.62 bits per heavy atom. The minimum Gasteiger partial charge on any atom is -0.350 e. The van der Waals surface area contributed by atoms with Crippen molar-refractivity contribution in [2.75, 3.05) is 18.0 Å². The average molecular weight is 464 g/mol. The van der Waals surface area contributed by atoms with Gasteiger partial charge in [-0.05, 0) is 37.2 Å². The Morgan fingerprint density at radius 2 is 1.91 bits per heavy atom. The topological polar surface area (TPSA) is 104 Å². The molecule has 1 aliphatic heterocycles. The molecular formula is C26H33N5O3. The van der Waals surface area contributed by atoms with Crippen LogP contribution in [0.4, 0.5) is 5.95 Å². The Kier molecular flexibility index (Phi) is 9.76. The predicted molar refractivity (Wildman–Crippen MR) is 132 cm³/mol. The Balaban J connectivity index is 1.47. The van der Waals surface area contributed by atoms with Crippen LogP contribution in [0.15, 0.2) is 48.8 Å². The van der Waals surface area contributed by atoms with Gasteiger partial charge in [0.15, 0.2) is 0 Å². The highest BCUT2D eigenvalue weighted by atomic mass is 16.2. The number of hydrogen-bond donors (Lipinski definition) is 2. The second-order valence-electron chi connectivity index (χ2n) is 8.65. The summed E-state index contributed by atoms with van der Waals surface area (Å²) < 4.78 is 0. The van der Waals surface area contributed by atoms with Crippen molar-refractivity contribution in [3.8, 4) is 0 Å². The van der Waals surface area contributed by atoms with Crippen LogP contribution in [0, 0.1) is 5.92 Å². The monoisotopic (exact) mass is 463 g/mol. The lowest BCUT2D eigenvalue weighted by molar-refractivity contribution is -0.119. The van der Waals surface area contributed by atoms with Crippen LogP contribution in [0.3, 0.4) is 0 Å². The quantitative estimate of drug-likeness (QED) is 0.524. The van der Waals surface area contributed by atoms with E-state index in [0.29, 0.717) is 18.3 Å². The molecule has 1 aromatic carbocycles. The van der Waals surface area contributed by atoms with Gasteiger partial charge in [0.1, 0.15) is 0 Å². The van der Waals surface area contributed by atoms with Gasteiger partial charge in [-0.1, -0.05) is 55.3 Å². The molecule has 2 unspecified atom stereocenters. The molecule has 8 nitrogen and oxygen atoms in total. The SMILES string of the molecule is CC(=O)NC(C=Cc1ccccc1)CCCC1CCCN(c2ncc(C(=O)NC=O)cn2)CC1. The summed E-state index contributed by atoms with van der Waals surface area (Å²) in [5.74, 6) is 0.718. The first kappa shape index (κ1) is 25.1. The lowest BCUT2D eigenvalue weighted by Gasteiger charge is -2.20. The largest absolute Gasteiger partial charge is 0.350 e. The average Bonchev–Trinajstić information content (AvgIpc) is 3.09. The van der Waals surface area contributed by atoms with E-state index >= 15 is 0 Å². The third kappa shape index (κ3) is 8.10. The molecule has 0 saturated carbocycles. The zero-order chi connectivity index (χ0) is 24.2. The minimum atomic E-state index is -0.506. The maximum atomic E-state index is 11.7. The van der Waals surface area contributed by atoms with Crippen LogP contribution in [-0.2, 0) is 9.59 Å². The second-order valence-corrected chi connectivity index (χ2v) is 8.65. The van der Waals surface area contributed by atoms with Crippen molar-refractivity contribution < 1.29 is 14.4 Å². The van der Waals surface area contributed by atoms with Crippen molar-refractivity contribution in [1.82, 2.24) is 20.6 Å². The van der Waals surface area contributed by atoms with Gasteiger partial charge in [0, 0.05) is 38.4 Å². The van der Waals surface area contributed by atoms with E-state index in [-0.39, 0.29) is 17.5 Å². The van der Waals surface area contributed by atoms with Gasteiger partial charge in [-0.3, -0.25) is 19.7 Å². The molecular weight excluding hydrogens is 430 g/mol. The molecule has 3 amide bonds. The number of anilines is 1. The maximum Gasteiger partial charge on any atom is 0.260 e. The van der Waals surface area contributed by atoms with E-state index in [4.69, 9.17) is 0 Å². The molecule has 2 aromatic rings. The van der Waals surface area contributed by atoms with Crippen LogP contribution in [0.2, 0.25) is 0 Å². The van der Waals surface area contributed by atoms with Crippen molar-refractivity contribution in [3.63, 3.8) is 0 Å². The lowest BCUT2D eigenvalue weighted by atomic mass is 9.93. The molecule has 2 atom stereocenters. The number of nitrogens with zero attached hydrogens (tertiary/aromatic N) is 3. The Morgan fingerprint density at radius 1 is 1.15 bits per heavy atom. The summed E-state index contributed by atoms with van der Waals surface area (Å²) >= 11 is 0. The Hall–Kier alpha value is -3.55. The molecule has 1 aromatic heterocycles. The first-order valence-electron chi connectivity index (χ1n) is 11.9. The number of aromatic nitrogens is 2. The van der Waals surface area contributed by atoms with Gasteiger partial charge < -0.3 is 10.2 Å². The van der Waals surface area contributed by atoms with Crippen LogP contribution in [-0.4, -0.2) is 47.3 Å². The normalized spacial score (nSPS) is 17.1. The summed E-state index contributed by atoms with van der Waals surface area (Å²) in [6.07, 6.45) is 13.8. The fraction of sp³-hybridized carbons (Fsp3) is 0.423. The molecule has 2 N–H and O–H groups in total. The molecule has 180 valence electrons. The van der Waals surface area contributed by atoms with Crippen LogP contribution < -0.4 is 15.5 Å². The summed E-state index contributed by atoms with van der Waals surface area (Å²) in [6.45, 7) is 3.31. The highest BCUT2D eigenvalue weighted by Gasteiger charge is 2.19. The number of imide groups is 1. The maximum absolute atomic E-state index is 11.7. The molecule has 1 saturated heterocycles. The van der Waals surface area contributed by atoms with Gasteiger partial charge in [-0.2, -0.15) is 0 Å². The van der Waals surface area contributed by atoms with E-state index in [1.54, 1.807) is 6.92 Å². The van der Waals surface area contributed by atoms with Gasteiger partial charge in [0.25, 0.3) is 5.91 Å². The highest BCUT2D eigenvalue weighted by molar-refractivity contribution is 5.99. The van der Waals surface area contributed by atoms with Crippen molar-refractivity contribution in [2.45, 2.75) is 51.5 Å². The van der Waals surface area contributed by atoms with Crippen LogP contribution in [0.1, 0.15) is 61.4 Å². The zero-order valence-electron chi connectivity index (χ0n) is 19.7. The minimum absolute atomic E-state index is 0.0116. The van der Waals surface area contributed by atoms with Crippen LogP contribution in [0.25, 0.3) is 6.08 Å². The van der Waals surface area contributed by atoms with Gasteiger partial charge in [0.05, 0.1) is 5.56 Å². The molecule has 2 heterocycles. The van der Waals surface area contributed by atoms with Gasteiger partial charge in [-0.25, -0.2) is 9.97 Å². The van der Waals surface area contributed by atoms with Gasteiger partial charge >= 0.3 is 0 Å². The number of hydrogen-bond acceptors (Lipinski definition) is 6.